The number of carbonyl (C=O) groups is 1. The smallest absolute Gasteiger partial charge is 0.338 e. The minimum Gasteiger partial charge on any atom is -0.493 e. The standard InChI is InChI=1S/C17H25NO4/c1-17(8-5-9-18(2)11-17)12-22-16(19)13-6-7-14(20-3)15(10-13)21-4/h6-7,10H,5,8-9,11-12H2,1-4H3/t17-/m0/s1. The predicted octanol–water partition coefficient (Wildman–Crippen LogP) is 2.59. The summed E-state index contributed by atoms with van der Waals surface area (Å²) in [6, 6.07) is 5.06. The molecule has 0 spiro atoms. The maximum absolute atomic E-state index is 12.2. The molecule has 0 N–H and O–H groups in total. The summed E-state index contributed by atoms with van der Waals surface area (Å²) < 4.78 is 15.9. The molecule has 1 atom stereocenters. The molecule has 5 nitrogen and oxygen atoms in total. The van der Waals surface area contributed by atoms with Crippen molar-refractivity contribution in [3.63, 3.8) is 0 Å². The van der Waals surface area contributed by atoms with Crippen LogP contribution in [-0.4, -0.2) is 51.8 Å². The van der Waals surface area contributed by atoms with Gasteiger partial charge in [0, 0.05) is 12.0 Å². The molecule has 1 aromatic carbocycles. The Balaban J connectivity index is 2.00. The van der Waals surface area contributed by atoms with Gasteiger partial charge in [-0.05, 0) is 44.6 Å². The van der Waals surface area contributed by atoms with Crippen molar-refractivity contribution in [2.45, 2.75) is 19.8 Å². The first-order valence-corrected chi connectivity index (χ1v) is 7.55. The molecule has 1 fully saturated rings. The third-order valence-corrected chi connectivity index (χ3v) is 4.14. The van der Waals surface area contributed by atoms with E-state index in [1.807, 2.05) is 0 Å². The summed E-state index contributed by atoms with van der Waals surface area (Å²) in [5, 5.41) is 0. The second-order valence-electron chi connectivity index (χ2n) is 6.30. The highest BCUT2D eigenvalue weighted by molar-refractivity contribution is 5.90. The van der Waals surface area contributed by atoms with Gasteiger partial charge in [-0.3, -0.25) is 0 Å². The lowest BCUT2D eigenvalue weighted by Gasteiger charge is -2.38. The van der Waals surface area contributed by atoms with Gasteiger partial charge >= 0.3 is 5.97 Å². The fourth-order valence-electron chi connectivity index (χ4n) is 2.99. The normalized spacial score (nSPS) is 22.2. The second kappa shape index (κ2) is 7.01. The Labute approximate surface area is 132 Å². The number of hydrogen-bond donors (Lipinski definition) is 0. The van der Waals surface area contributed by atoms with Crippen molar-refractivity contribution < 1.29 is 19.0 Å². The van der Waals surface area contributed by atoms with Crippen molar-refractivity contribution in [2.75, 3.05) is 41.0 Å². The molecule has 0 aromatic heterocycles. The van der Waals surface area contributed by atoms with E-state index < -0.39 is 0 Å². The van der Waals surface area contributed by atoms with Crippen LogP contribution in [0.1, 0.15) is 30.1 Å². The van der Waals surface area contributed by atoms with Crippen LogP contribution in [0.5, 0.6) is 11.5 Å². The minimum atomic E-state index is -0.324. The van der Waals surface area contributed by atoms with Gasteiger partial charge in [-0.2, -0.15) is 0 Å². The summed E-state index contributed by atoms with van der Waals surface area (Å²) in [6.45, 7) is 4.67. The molecule has 0 bridgehead atoms. The molecule has 0 aliphatic carbocycles. The number of carbonyl (C=O) groups excluding carboxylic acids is 1. The molecular weight excluding hydrogens is 282 g/mol. The molecule has 1 aliphatic rings. The minimum absolute atomic E-state index is 0.0270. The van der Waals surface area contributed by atoms with Gasteiger partial charge in [0.1, 0.15) is 0 Å². The molecule has 22 heavy (non-hydrogen) atoms. The SMILES string of the molecule is COc1ccc(C(=O)OC[C@@]2(C)CCCN(C)C2)cc1OC. The Morgan fingerprint density at radius 3 is 2.64 bits per heavy atom. The number of piperidine rings is 1. The fourth-order valence-corrected chi connectivity index (χ4v) is 2.99. The highest BCUT2D eigenvalue weighted by Crippen LogP contribution is 2.30. The molecule has 1 aliphatic heterocycles. The van der Waals surface area contributed by atoms with Crippen molar-refractivity contribution in [1.29, 1.82) is 0 Å². The molecule has 0 radical (unpaired) electrons. The Morgan fingerprint density at radius 2 is 2.00 bits per heavy atom. The molecule has 122 valence electrons. The van der Waals surface area contributed by atoms with E-state index in [0.29, 0.717) is 23.7 Å². The van der Waals surface area contributed by atoms with Crippen LogP contribution in [0.3, 0.4) is 0 Å². The lowest BCUT2D eigenvalue weighted by molar-refractivity contribution is 0.0121. The average Bonchev–Trinajstić information content (AvgIpc) is 2.51. The molecule has 2 rings (SSSR count). The van der Waals surface area contributed by atoms with Gasteiger partial charge in [0.25, 0.3) is 0 Å². The van der Waals surface area contributed by atoms with Crippen LogP contribution in [0, 0.1) is 5.41 Å². The zero-order valence-corrected chi connectivity index (χ0v) is 13.8. The van der Waals surface area contributed by atoms with Crippen molar-refractivity contribution in [3.05, 3.63) is 23.8 Å². The van der Waals surface area contributed by atoms with Gasteiger partial charge in [0.15, 0.2) is 11.5 Å². The topological polar surface area (TPSA) is 48.0 Å². The van der Waals surface area contributed by atoms with Crippen LogP contribution in [0.15, 0.2) is 18.2 Å². The first kappa shape index (κ1) is 16.6. The van der Waals surface area contributed by atoms with E-state index in [4.69, 9.17) is 14.2 Å². The molecular formula is C17H25NO4. The van der Waals surface area contributed by atoms with Gasteiger partial charge in [-0.15, -0.1) is 0 Å². The first-order chi connectivity index (χ1) is 10.5. The van der Waals surface area contributed by atoms with Gasteiger partial charge in [0.2, 0.25) is 0 Å². The molecule has 1 heterocycles. The lowest BCUT2D eigenvalue weighted by atomic mass is 9.83. The Kier molecular flexibility index (Phi) is 5.29. The van der Waals surface area contributed by atoms with Crippen molar-refractivity contribution in [3.8, 4) is 11.5 Å². The van der Waals surface area contributed by atoms with Gasteiger partial charge in [-0.1, -0.05) is 6.92 Å². The number of ether oxygens (including phenoxy) is 3. The number of rotatable bonds is 5. The van der Waals surface area contributed by atoms with E-state index in [-0.39, 0.29) is 11.4 Å². The van der Waals surface area contributed by atoms with Gasteiger partial charge in [-0.25, -0.2) is 4.79 Å². The molecule has 0 amide bonds. The second-order valence-corrected chi connectivity index (χ2v) is 6.30. The van der Waals surface area contributed by atoms with E-state index in [0.717, 1.165) is 25.9 Å². The Morgan fingerprint density at radius 1 is 1.27 bits per heavy atom. The van der Waals surface area contributed by atoms with Crippen LogP contribution in [-0.2, 0) is 4.74 Å². The van der Waals surface area contributed by atoms with Gasteiger partial charge in [0.05, 0.1) is 26.4 Å². The number of methoxy groups -OCH3 is 2. The summed E-state index contributed by atoms with van der Waals surface area (Å²) in [7, 11) is 5.22. The zero-order valence-electron chi connectivity index (χ0n) is 13.8. The lowest BCUT2D eigenvalue weighted by Crippen LogP contribution is -2.42. The summed E-state index contributed by atoms with van der Waals surface area (Å²) in [6.07, 6.45) is 2.22. The Bertz CT molecular complexity index is 531. The summed E-state index contributed by atoms with van der Waals surface area (Å²) in [4.78, 5) is 14.5. The number of hydrogen-bond acceptors (Lipinski definition) is 5. The van der Waals surface area contributed by atoms with Crippen LogP contribution in [0.25, 0.3) is 0 Å². The number of likely N-dealkylation sites (tertiary alicyclic amines) is 1. The molecule has 0 unspecified atom stereocenters. The fraction of sp³-hybridized carbons (Fsp3) is 0.588. The van der Waals surface area contributed by atoms with E-state index in [2.05, 4.69) is 18.9 Å². The third-order valence-electron chi connectivity index (χ3n) is 4.14. The van der Waals surface area contributed by atoms with Crippen LogP contribution in [0.2, 0.25) is 0 Å². The van der Waals surface area contributed by atoms with E-state index in [1.54, 1.807) is 32.4 Å². The van der Waals surface area contributed by atoms with E-state index in [9.17, 15) is 4.79 Å². The number of esters is 1. The highest BCUT2D eigenvalue weighted by Gasteiger charge is 2.31. The predicted molar refractivity (Wildman–Crippen MR) is 84.7 cm³/mol. The van der Waals surface area contributed by atoms with Crippen molar-refractivity contribution in [1.82, 2.24) is 4.90 Å². The third kappa shape index (κ3) is 3.91. The summed E-state index contributed by atoms with van der Waals surface area (Å²) >= 11 is 0. The highest BCUT2D eigenvalue weighted by atomic mass is 16.5. The largest absolute Gasteiger partial charge is 0.493 e. The zero-order chi connectivity index (χ0) is 16.2. The molecule has 0 saturated carbocycles. The maximum Gasteiger partial charge on any atom is 0.338 e. The summed E-state index contributed by atoms with van der Waals surface area (Å²) in [5.74, 6) is 0.802. The number of nitrogens with zero attached hydrogens (tertiary/aromatic N) is 1. The molecule has 5 heteroatoms. The number of benzene rings is 1. The van der Waals surface area contributed by atoms with Crippen LogP contribution in [0.4, 0.5) is 0 Å². The monoisotopic (exact) mass is 307 g/mol. The van der Waals surface area contributed by atoms with Crippen LogP contribution >= 0.6 is 0 Å². The average molecular weight is 307 g/mol. The van der Waals surface area contributed by atoms with Crippen molar-refractivity contribution >= 4 is 5.97 Å². The van der Waals surface area contributed by atoms with Gasteiger partial charge < -0.3 is 19.1 Å². The molecule has 1 aromatic rings. The van der Waals surface area contributed by atoms with E-state index >= 15 is 0 Å². The van der Waals surface area contributed by atoms with E-state index in [1.165, 1.54) is 0 Å². The quantitative estimate of drug-likeness (QED) is 0.783. The van der Waals surface area contributed by atoms with Crippen molar-refractivity contribution in [2.24, 2.45) is 5.41 Å². The summed E-state index contributed by atoms with van der Waals surface area (Å²) in [5.41, 5.74) is 0.504. The Hall–Kier alpha value is -1.75. The maximum atomic E-state index is 12.2. The van der Waals surface area contributed by atoms with Crippen LogP contribution < -0.4 is 9.47 Å². The first-order valence-electron chi connectivity index (χ1n) is 7.55. The molecule has 1 saturated heterocycles.